The van der Waals surface area contributed by atoms with Crippen LogP contribution >= 0.6 is 11.8 Å². The van der Waals surface area contributed by atoms with Gasteiger partial charge in [0, 0.05) is 13.1 Å². The molecule has 0 spiro atoms. The van der Waals surface area contributed by atoms with Gasteiger partial charge < -0.3 is 11.1 Å². The van der Waals surface area contributed by atoms with E-state index < -0.39 is 0 Å². The Bertz CT molecular complexity index is 176. The average molecular weight is 232 g/mol. The number of hydrogen-bond donors (Lipinski definition) is 2. The maximum Gasteiger partial charge on any atom is 0.224 e. The summed E-state index contributed by atoms with van der Waals surface area (Å²) in [6, 6.07) is 0. The van der Waals surface area contributed by atoms with Gasteiger partial charge >= 0.3 is 0 Å². The van der Waals surface area contributed by atoms with E-state index in [4.69, 9.17) is 5.73 Å². The van der Waals surface area contributed by atoms with Gasteiger partial charge in [-0.1, -0.05) is 20.3 Å². The van der Waals surface area contributed by atoms with Gasteiger partial charge in [0.05, 0.1) is 5.92 Å². The van der Waals surface area contributed by atoms with Gasteiger partial charge in [-0.05, 0) is 24.3 Å². The minimum Gasteiger partial charge on any atom is -0.356 e. The molecule has 4 heteroatoms. The van der Waals surface area contributed by atoms with Crippen LogP contribution in [0, 0.1) is 11.8 Å². The maximum absolute atomic E-state index is 11.7. The first-order valence-corrected chi connectivity index (χ1v) is 7.01. The van der Waals surface area contributed by atoms with Gasteiger partial charge in [0.15, 0.2) is 0 Å². The van der Waals surface area contributed by atoms with Crippen LogP contribution in [0.1, 0.15) is 26.7 Å². The van der Waals surface area contributed by atoms with Gasteiger partial charge in [0.2, 0.25) is 5.91 Å². The van der Waals surface area contributed by atoms with Crippen molar-refractivity contribution < 1.29 is 4.79 Å². The maximum atomic E-state index is 11.7. The molecule has 0 fully saturated rings. The van der Waals surface area contributed by atoms with Crippen LogP contribution in [0.25, 0.3) is 0 Å². The second-order valence-electron chi connectivity index (χ2n) is 4.03. The Kier molecular flexibility index (Phi) is 8.91. The fourth-order valence-electron chi connectivity index (χ4n) is 1.47. The van der Waals surface area contributed by atoms with Crippen molar-refractivity contribution in [2.45, 2.75) is 26.7 Å². The van der Waals surface area contributed by atoms with E-state index in [0.717, 1.165) is 25.1 Å². The predicted octanol–water partition coefficient (Wildman–Crippen LogP) is 1.48. The summed E-state index contributed by atoms with van der Waals surface area (Å²) in [4.78, 5) is 11.7. The molecule has 0 aliphatic rings. The average Bonchev–Trinajstić information content (AvgIpc) is 2.23. The predicted molar refractivity (Wildman–Crippen MR) is 68.0 cm³/mol. The van der Waals surface area contributed by atoms with Crippen LogP contribution in [-0.2, 0) is 4.79 Å². The molecule has 0 aromatic carbocycles. The molecule has 0 bridgehead atoms. The first-order valence-electron chi connectivity index (χ1n) is 5.62. The molecule has 0 radical (unpaired) electrons. The molecule has 2 unspecified atom stereocenters. The molecular weight excluding hydrogens is 208 g/mol. The van der Waals surface area contributed by atoms with Crippen LogP contribution < -0.4 is 11.1 Å². The second kappa shape index (κ2) is 9.04. The van der Waals surface area contributed by atoms with E-state index in [0.29, 0.717) is 12.5 Å². The monoisotopic (exact) mass is 232 g/mol. The highest BCUT2D eigenvalue weighted by molar-refractivity contribution is 7.98. The van der Waals surface area contributed by atoms with E-state index in [1.807, 2.05) is 11.8 Å². The van der Waals surface area contributed by atoms with Gasteiger partial charge in [0.25, 0.3) is 0 Å². The highest BCUT2D eigenvalue weighted by Gasteiger charge is 2.15. The van der Waals surface area contributed by atoms with Crippen LogP contribution in [0.15, 0.2) is 0 Å². The summed E-state index contributed by atoms with van der Waals surface area (Å²) in [5, 5.41) is 2.97. The molecular formula is C11H24N2OS. The zero-order valence-electron chi connectivity index (χ0n) is 10.1. The van der Waals surface area contributed by atoms with Gasteiger partial charge in [-0.15, -0.1) is 0 Å². The third kappa shape index (κ3) is 6.79. The Morgan fingerprint density at radius 2 is 2.20 bits per heavy atom. The summed E-state index contributed by atoms with van der Waals surface area (Å²) in [6.45, 7) is 5.44. The Labute approximate surface area is 97.6 Å². The molecule has 1 amide bonds. The summed E-state index contributed by atoms with van der Waals surface area (Å²) in [5.41, 5.74) is 5.56. The zero-order valence-corrected chi connectivity index (χ0v) is 10.9. The van der Waals surface area contributed by atoms with E-state index >= 15 is 0 Å². The van der Waals surface area contributed by atoms with Crippen molar-refractivity contribution in [3.63, 3.8) is 0 Å². The van der Waals surface area contributed by atoms with Crippen molar-refractivity contribution in [1.29, 1.82) is 0 Å². The minimum atomic E-state index is -0.00326. The summed E-state index contributed by atoms with van der Waals surface area (Å²) in [6.07, 6.45) is 3.98. The number of amides is 1. The molecule has 0 rings (SSSR count). The van der Waals surface area contributed by atoms with Crippen LogP contribution in [0.2, 0.25) is 0 Å². The first-order chi connectivity index (χ1) is 7.15. The third-order valence-electron chi connectivity index (χ3n) is 2.37. The Morgan fingerprint density at radius 1 is 1.53 bits per heavy atom. The zero-order chi connectivity index (χ0) is 11.7. The van der Waals surface area contributed by atoms with E-state index in [1.54, 1.807) is 0 Å². The highest BCUT2D eigenvalue weighted by Crippen LogP contribution is 2.06. The summed E-state index contributed by atoms with van der Waals surface area (Å²) in [7, 11) is 0. The molecule has 0 aromatic heterocycles. The van der Waals surface area contributed by atoms with Gasteiger partial charge in [0.1, 0.15) is 0 Å². The van der Waals surface area contributed by atoms with Crippen molar-refractivity contribution in [1.82, 2.24) is 5.32 Å². The van der Waals surface area contributed by atoms with E-state index in [1.165, 1.54) is 0 Å². The molecule has 2 atom stereocenters. The van der Waals surface area contributed by atoms with Crippen molar-refractivity contribution in [2.75, 3.05) is 25.1 Å². The summed E-state index contributed by atoms with van der Waals surface area (Å²) < 4.78 is 0. The number of thioether (sulfide) groups is 1. The molecule has 3 nitrogen and oxygen atoms in total. The second-order valence-corrected chi connectivity index (χ2v) is 4.94. The Morgan fingerprint density at radius 3 is 2.67 bits per heavy atom. The van der Waals surface area contributed by atoms with Gasteiger partial charge in [-0.2, -0.15) is 11.8 Å². The number of hydrogen-bond acceptors (Lipinski definition) is 3. The van der Waals surface area contributed by atoms with Crippen LogP contribution in [0.4, 0.5) is 0 Å². The summed E-state index contributed by atoms with van der Waals surface area (Å²) >= 11 is 1.81. The number of carbonyl (C=O) groups is 1. The molecule has 15 heavy (non-hydrogen) atoms. The fourth-order valence-corrected chi connectivity index (χ4v) is 2.15. The number of nitrogens with two attached hydrogens (primary N) is 1. The molecule has 0 saturated heterocycles. The molecule has 0 heterocycles. The van der Waals surface area contributed by atoms with Crippen LogP contribution in [-0.4, -0.2) is 31.0 Å². The molecule has 0 aliphatic carbocycles. The smallest absolute Gasteiger partial charge is 0.224 e. The first kappa shape index (κ1) is 14.8. The topological polar surface area (TPSA) is 55.1 Å². The lowest BCUT2D eigenvalue weighted by molar-refractivity contribution is -0.125. The lowest BCUT2D eigenvalue weighted by Gasteiger charge is -2.16. The lowest BCUT2D eigenvalue weighted by atomic mass is 10.0. The highest BCUT2D eigenvalue weighted by atomic mass is 32.2. The Hall–Kier alpha value is -0.220. The largest absolute Gasteiger partial charge is 0.356 e. The van der Waals surface area contributed by atoms with Gasteiger partial charge in [-0.3, -0.25) is 4.79 Å². The van der Waals surface area contributed by atoms with Crippen molar-refractivity contribution in [2.24, 2.45) is 17.6 Å². The van der Waals surface area contributed by atoms with Crippen LogP contribution in [0.5, 0.6) is 0 Å². The molecule has 0 aromatic rings. The molecule has 3 N–H and O–H groups in total. The number of nitrogens with one attached hydrogen (secondary N) is 1. The van der Waals surface area contributed by atoms with Crippen LogP contribution in [0.3, 0.4) is 0 Å². The normalized spacial score (nSPS) is 14.7. The lowest BCUT2D eigenvalue weighted by Crippen LogP contribution is -2.37. The molecule has 0 saturated carbocycles. The minimum absolute atomic E-state index is 0.00326. The SMILES string of the molecule is CCCC(CN)C(=O)NCC(C)CSC. The number of rotatable bonds is 8. The number of carbonyl (C=O) groups excluding carboxylic acids is 1. The molecule has 0 aliphatic heterocycles. The van der Waals surface area contributed by atoms with Crippen molar-refractivity contribution >= 4 is 17.7 Å². The molecule has 90 valence electrons. The Balaban J connectivity index is 3.79. The fraction of sp³-hybridized carbons (Fsp3) is 0.909. The van der Waals surface area contributed by atoms with E-state index in [9.17, 15) is 4.79 Å². The standard InChI is InChI=1S/C11H24N2OS/c1-4-5-10(6-12)11(14)13-7-9(2)8-15-3/h9-10H,4-8,12H2,1-3H3,(H,13,14). The van der Waals surface area contributed by atoms with E-state index in [2.05, 4.69) is 25.4 Å². The van der Waals surface area contributed by atoms with E-state index in [-0.39, 0.29) is 11.8 Å². The quantitative estimate of drug-likeness (QED) is 0.666. The van der Waals surface area contributed by atoms with Crippen molar-refractivity contribution in [3.8, 4) is 0 Å². The third-order valence-corrected chi connectivity index (χ3v) is 3.27. The van der Waals surface area contributed by atoms with Crippen molar-refractivity contribution in [3.05, 3.63) is 0 Å². The van der Waals surface area contributed by atoms with Gasteiger partial charge in [-0.25, -0.2) is 0 Å². The summed E-state index contributed by atoms with van der Waals surface area (Å²) in [5.74, 6) is 1.73.